The van der Waals surface area contributed by atoms with Crippen LogP contribution in [0.2, 0.25) is 5.15 Å². The smallest absolute Gasteiger partial charge is 0.258 e. The number of nitro groups is 1. The molecule has 0 aliphatic rings. The third-order valence-corrected chi connectivity index (χ3v) is 2.74. The molecule has 4 nitrogen and oxygen atoms in total. The fourth-order valence-corrected chi connectivity index (χ4v) is 2.05. The van der Waals surface area contributed by atoms with Gasteiger partial charge in [-0.05, 0) is 32.0 Å². The number of aryl methyl sites for hydroxylation is 2. The second kappa shape index (κ2) is 4.74. The minimum Gasteiger partial charge on any atom is -0.258 e. The lowest BCUT2D eigenvalue weighted by Crippen LogP contribution is -1.95. The van der Waals surface area contributed by atoms with Gasteiger partial charge >= 0.3 is 0 Å². The first-order valence-corrected chi connectivity index (χ1v) is 5.75. The molecule has 0 bridgehead atoms. The molecule has 1 heterocycles. The summed E-state index contributed by atoms with van der Waals surface area (Å²) in [6.45, 7) is 3.87. The lowest BCUT2D eigenvalue weighted by Gasteiger charge is -2.05. The SMILES string of the molecule is Cc1cc(C)cc(-c2nc(Cl)ccc2[N+](=O)[O-])c1. The first kappa shape index (κ1) is 12.5. The van der Waals surface area contributed by atoms with Crippen molar-refractivity contribution in [2.45, 2.75) is 13.8 Å². The molecule has 0 unspecified atom stereocenters. The maximum Gasteiger partial charge on any atom is 0.295 e. The molecular formula is C13H11ClN2O2. The lowest BCUT2D eigenvalue weighted by atomic mass is 10.0. The molecule has 92 valence electrons. The third kappa shape index (κ3) is 2.49. The van der Waals surface area contributed by atoms with Gasteiger partial charge in [-0.15, -0.1) is 0 Å². The van der Waals surface area contributed by atoms with Gasteiger partial charge in [0.25, 0.3) is 5.69 Å². The highest BCUT2D eigenvalue weighted by Gasteiger charge is 2.17. The van der Waals surface area contributed by atoms with Crippen molar-refractivity contribution in [1.29, 1.82) is 0 Å². The fraction of sp³-hybridized carbons (Fsp3) is 0.154. The van der Waals surface area contributed by atoms with Crippen LogP contribution in [0.1, 0.15) is 11.1 Å². The summed E-state index contributed by atoms with van der Waals surface area (Å²) in [7, 11) is 0. The van der Waals surface area contributed by atoms with Crippen molar-refractivity contribution in [2.24, 2.45) is 0 Å². The van der Waals surface area contributed by atoms with Crippen molar-refractivity contribution in [3.8, 4) is 11.3 Å². The van der Waals surface area contributed by atoms with E-state index in [9.17, 15) is 10.1 Å². The van der Waals surface area contributed by atoms with Crippen molar-refractivity contribution in [2.75, 3.05) is 0 Å². The second-order valence-corrected chi connectivity index (χ2v) is 4.52. The van der Waals surface area contributed by atoms with Crippen molar-refractivity contribution < 1.29 is 4.92 Å². The largest absolute Gasteiger partial charge is 0.295 e. The summed E-state index contributed by atoms with van der Waals surface area (Å²) in [5, 5.41) is 11.2. The van der Waals surface area contributed by atoms with E-state index < -0.39 is 4.92 Å². The Morgan fingerprint density at radius 3 is 2.33 bits per heavy atom. The standard InChI is InChI=1S/C13H11ClN2O2/c1-8-5-9(2)7-10(6-8)13-11(16(17)18)3-4-12(14)15-13/h3-7H,1-2H3. The number of hydrogen-bond acceptors (Lipinski definition) is 3. The van der Waals surface area contributed by atoms with Gasteiger partial charge in [-0.2, -0.15) is 0 Å². The quantitative estimate of drug-likeness (QED) is 0.468. The van der Waals surface area contributed by atoms with Crippen LogP contribution in [0.4, 0.5) is 5.69 Å². The Balaban J connectivity index is 2.68. The molecule has 0 aliphatic carbocycles. The summed E-state index contributed by atoms with van der Waals surface area (Å²) in [6, 6.07) is 8.52. The normalized spacial score (nSPS) is 10.4. The van der Waals surface area contributed by atoms with E-state index in [0.717, 1.165) is 11.1 Å². The van der Waals surface area contributed by atoms with Crippen molar-refractivity contribution >= 4 is 17.3 Å². The number of pyridine rings is 1. The minimum absolute atomic E-state index is 0.0376. The van der Waals surface area contributed by atoms with E-state index in [1.165, 1.54) is 12.1 Å². The highest BCUT2D eigenvalue weighted by atomic mass is 35.5. The Bertz CT molecular complexity index is 606. The zero-order valence-electron chi connectivity index (χ0n) is 9.98. The molecule has 2 aromatic rings. The highest BCUT2D eigenvalue weighted by molar-refractivity contribution is 6.29. The average Bonchev–Trinajstić information content (AvgIpc) is 2.27. The lowest BCUT2D eigenvalue weighted by molar-refractivity contribution is -0.384. The van der Waals surface area contributed by atoms with Gasteiger partial charge in [0.1, 0.15) is 10.8 Å². The van der Waals surface area contributed by atoms with Crippen molar-refractivity contribution in [1.82, 2.24) is 4.98 Å². The van der Waals surface area contributed by atoms with Crippen LogP contribution in [0, 0.1) is 24.0 Å². The molecule has 0 spiro atoms. The maximum absolute atomic E-state index is 11.0. The zero-order valence-corrected chi connectivity index (χ0v) is 10.7. The number of benzene rings is 1. The van der Waals surface area contributed by atoms with Crippen LogP contribution in [0.25, 0.3) is 11.3 Å². The molecule has 0 radical (unpaired) electrons. The molecule has 0 aliphatic heterocycles. The van der Waals surface area contributed by atoms with Gasteiger partial charge < -0.3 is 0 Å². The van der Waals surface area contributed by atoms with E-state index in [0.29, 0.717) is 11.3 Å². The van der Waals surface area contributed by atoms with Gasteiger partial charge in [-0.3, -0.25) is 10.1 Å². The van der Waals surface area contributed by atoms with E-state index >= 15 is 0 Å². The summed E-state index contributed by atoms with van der Waals surface area (Å²) in [4.78, 5) is 14.6. The van der Waals surface area contributed by atoms with Gasteiger partial charge in [0.15, 0.2) is 0 Å². The van der Waals surface area contributed by atoms with Gasteiger partial charge in [-0.1, -0.05) is 28.8 Å². The van der Waals surface area contributed by atoms with E-state index in [1.807, 2.05) is 32.0 Å². The Morgan fingerprint density at radius 1 is 1.17 bits per heavy atom. The number of nitrogens with zero attached hydrogens (tertiary/aromatic N) is 2. The zero-order chi connectivity index (χ0) is 13.3. The minimum atomic E-state index is -0.448. The molecule has 5 heteroatoms. The number of halogens is 1. The predicted molar refractivity (Wildman–Crippen MR) is 70.8 cm³/mol. The fourth-order valence-electron chi connectivity index (χ4n) is 1.90. The first-order chi connectivity index (χ1) is 8.47. The topological polar surface area (TPSA) is 56.0 Å². The van der Waals surface area contributed by atoms with E-state index in [2.05, 4.69) is 4.98 Å². The summed E-state index contributed by atoms with van der Waals surface area (Å²) in [5.41, 5.74) is 3.03. The highest BCUT2D eigenvalue weighted by Crippen LogP contribution is 2.30. The number of hydrogen-bond donors (Lipinski definition) is 0. The molecule has 18 heavy (non-hydrogen) atoms. The summed E-state index contributed by atoms with van der Waals surface area (Å²) in [6.07, 6.45) is 0. The average molecular weight is 263 g/mol. The molecule has 0 atom stereocenters. The monoisotopic (exact) mass is 262 g/mol. The molecule has 0 saturated heterocycles. The van der Waals surface area contributed by atoms with Gasteiger partial charge in [-0.25, -0.2) is 4.98 Å². The first-order valence-electron chi connectivity index (χ1n) is 5.37. The number of aromatic nitrogens is 1. The van der Waals surface area contributed by atoms with Crippen LogP contribution in [0.3, 0.4) is 0 Å². The Hall–Kier alpha value is -1.94. The molecular weight excluding hydrogens is 252 g/mol. The van der Waals surface area contributed by atoms with Crippen LogP contribution in [0.15, 0.2) is 30.3 Å². The molecule has 1 aromatic carbocycles. The van der Waals surface area contributed by atoms with E-state index in [-0.39, 0.29) is 10.8 Å². The summed E-state index contributed by atoms with van der Waals surface area (Å²) < 4.78 is 0. The van der Waals surface area contributed by atoms with Crippen molar-refractivity contribution in [3.05, 3.63) is 56.7 Å². The summed E-state index contributed by atoms with van der Waals surface area (Å²) >= 11 is 5.82. The van der Waals surface area contributed by atoms with Gasteiger partial charge in [0.2, 0.25) is 0 Å². The third-order valence-electron chi connectivity index (χ3n) is 2.53. The van der Waals surface area contributed by atoms with Crippen LogP contribution < -0.4 is 0 Å². The van der Waals surface area contributed by atoms with Gasteiger partial charge in [0.05, 0.1) is 4.92 Å². The van der Waals surface area contributed by atoms with Crippen LogP contribution in [0.5, 0.6) is 0 Å². The molecule has 1 aromatic heterocycles. The Labute approximate surface area is 109 Å². The second-order valence-electron chi connectivity index (χ2n) is 4.14. The molecule has 0 fully saturated rings. The van der Waals surface area contributed by atoms with Gasteiger partial charge in [0, 0.05) is 11.6 Å². The van der Waals surface area contributed by atoms with Crippen LogP contribution in [-0.4, -0.2) is 9.91 Å². The van der Waals surface area contributed by atoms with E-state index in [1.54, 1.807) is 0 Å². The van der Waals surface area contributed by atoms with Crippen molar-refractivity contribution in [3.63, 3.8) is 0 Å². The molecule has 2 rings (SSSR count). The molecule has 0 N–H and O–H groups in total. The Kier molecular flexibility index (Phi) is 3.30. The number of rotatable bonds is 2. The van der Waals surface area contributed by atoms with E-state index in [4.69, 9.17) is 11.6 Å². The molecule has 0 amide bonds. The predicted octanol–water partition coefficient (Wildman–Crippen LogP) is 3.93. The molecule has 0 saturated carbocycles. The van der Waals surface area contributed by atoms with Crippen LogP contribution >= 0.6 is 11.6 Å². The van der Waals surface area contributed by atoms with Crippen LogP contribution in [-0.2, 0) is 0 Å². The summed E-state index contributed by atoms with van der Waals surface area (Å²) in [5.74, 6) is 0. The maximum atomic E-state index is 11.0. The Morgan fingerprint density at radius 2 is 1.78 bits per heavy atom.